The summed E-state index contributed by atoms with van der Waals surface area (Å²) < 4.78 is 6.27. The largest absolute Gasteiger partial charge is 0.483 e. The van der Waals surface area contributed by atoms with Crippen LogP contribution in [0.2, 0.25) is 0 Å². The maximum atomic E-state index is 11.7. The Kier molecular flexibility index (Phi) is 5.72. The summed E-state index contributed by atoms with van der Waals surface area (Å²) in [5.41, 5.74) is 5.63. The van der Waals surface area contributed by atoms with Gasteiger partial charge >= 0.3 is 0 Å². The minimum atomic E-state index is -0.309. The number of hydrazone groups is 1. The van der Waals surface area contributed by atoms with E-state index >= 15 is 0 Å². The second-order valence-corrected chi connectivity index (χ2v) is 5.78. The van der Waals surface area contributed by atoms with Crippen LogP contribution in [0.15, 0.2) is 52.0 Å². The molecule has 2 rings (SSSR count). The van der Waals surface area contributed by atoms with Crippen LogP contribution >= 0.6 is 15.9 Å². The number of hydrogen-bond acceptors (Lipinski definition) is 3. The predicted molar refractivity (Wildman–Crippen MR) is 91.3 cm³/mol. The lowest BCUT2D eigenvalue weighted by atomic mass is 10.2. The van der Waals surface area contributed by atoms with Crippen LogP contribution in [-0.2, 0) is 4.79 Å². The lowest BCUT2D eigenvalue weighted by Gasteiger charge is -2.07. The zero-order chi connectivity index (χ0) is 15.9. The molecule has 4 nitrogen and oxygen atoms in total. The van der Waals surface area contributed by atoms with E-state index in [0.29, 0.717) is 5.75 Å². The molecule has 0 fully saturated rings. The summed E-state index contributed by atoms with van der Waals surface area (Å²) in [7, 11) is 0. The first kappa shape index (κ1) is 16.2. The molecule has 0 unspecified atom stereocenters. The van der Waals surface area contributed by atoms with Gasteiger partial charge in [0.25, 0.3) is 5.91 Å². The van der Waals surface area contributed by atoms with Crippen molar-refractivity contribution in [3.05, 3.63) is 63.6 Å². The number of amides is 1. The van der Waals surface area contributed by atoms with Crippen molar-refractivity contribution >= 4 is 28.1 Å². The van der Waals surface area contributed by atoms with Crippen LogP contribution in [-0.4, -0.2) is 18.7 Å². The first-order valence-corrected chi connectivity index (χ1v) is 7.61. The Morgan fingerprint density at radius 1 is 1.23 bits per heavy atom. The van der Waals surface area contributed by atoms with Crippen LogP contribution in [0, 0.1) is 13.8 Å². The van der Waals surface area contributed by atoms with Gasteiger partial charge < -0.3 is 4.74 Å². The van der Waals surface area contributed by atoms with Crippen molar-refractivity contribution in [1.29, 1.82) is 0 Å². The van der Waals surface area contributed by atoms with Crippen molar-refractivity contribution in [2.24, 2.45) is 5.10 Å². The fraction of sp³-hybridized carbons (Fsp3) is 0.176. The number of ether oxygens (including phenoxy) is 1. The van der Waals surface area contributed by atoms with Crippen molar-refractivity contribution < 1.29 is 9.53 Å². The summed E-state index contributed by atoms with van der Waals surface area (Å²) in [5.74, 6) is 0.319. The Hall–Kier alpha value is -2.14. The molecule has 0 saturated heterocycles. The second kappa shape index (κ2) is 7.75. The van der Waals surface area contributed by atoms with E-state index in [2.05, 4.69) is 26.5 Å². The summed E-state index contributed by atoms with van der Waals surface area (Å²) in [6.45, 7) is 3.90. The zero-order valence-electron chi connectivity index (χ0n) is 12.5. The highest BCUT2D eigenvalue weighted by Gasteiger charge is 2.04. The Morgan fingerprint density at radius 2 is 2.00 bits per heavy atom. The van der Waals surface area contributed by atoms with Gasteiger partial charge in [0.1, 0.15) is 5.75 Å². The molecule has 0 aliphatic carbocycles. The third kappa shape index (κ3) is 5.00. The van der Waals surface area contributed by atoms with Gasteiger partial charge in [0.15, 0.2) is 6.61 Å². The minimum absolute atomic E-state index is 0.0905. The number of hydrogen-bond donors (Lipinski definition) is 1. The van der Waals surface area contributed by atoms with Gasteiger partial charge in [0, 0.05) is 0 Å². The highest BCUT2D eigenvalue weighted by molar-refractivity contribution is 9.10. The van der Waals surface area contributed by atoms with Crippen LogP contribution in [0.5, 0.6) is 5.75 Å². The topological polar surface area (TPSA) is 50.7 Å². The van der Waals surface area contributed by atoms with Crippen molar-refractivity contribution in [3.63, 3.8) is 0 Å². The summed E-state index contributed by atoms with van der Waals surface area (Å²) in [4.78, 5) is 11.7. The molecule has 2 aromatic carbocycles. The molecule has 0 aromatic heterocycles. The average Bonchev–Trinajstić information content (AvgIpc) is 2.46. The number of carbonyl (C=O) groups is 1. The van der Waals surface area contributed by atoms with E-state index in [1.165, 1.54) is 0 Å². The molecule has 5 heteroatoms. The van der Waals surface area contributed by atoms with Crippen LogP contribution in [0.4, 0.5) is 0 Å². The molecule has 0 saturated carbocycles. The predicted octanol–water partition coefficient (Wildman–Crippen LogP) is 3.60. The first-order valence-electron chi connectivity index (χ1n) is 6.82. The molecule has 114 valence electrons. The Balaban J connectivity index is 1.83. The lowest BCUT2D eigenvalue weighted by molar-refractivity contribution is -0.123. The van der Waals surface area contributed by atoms with E-state index in [-0.39, 0.29) is 12.5 Å². The molecule has 0 aliphatic rings. The molecule has 0 spiro atoms. The third-order valence-electron chi connectivity index (χ3n) is 2.89. The van der Waals surface area contributed by atoms with Crippen molar-refractivity contribution in [3.8, 4) is 5.75 Å². The number of halogens is 1. The summed E-state index contributed by atoms with van der Waals surface area (Å²) >= 11 is 3.40. The highest BCUT2D eigenvalue weighted by atomic mass is 79.9. The monoisotopic (exact) mass is 360 g/mol. The maximum Gasteiger partial charge on any atom is 0.277 e. The quantitative estimate of drug-likeness (QED) is 0.654. The molecular formula is C17H17BrN2O2. The molecule has 22 heavy (non-hydrogen) atoms. The van der Waals surface area contributed by atoms with E-state index in [1.807, 2.05) is 56.3 Å². The molecule has 0 aliphatic heterocycles. The number of nitrogens with zero attached hydrogens (tertiary/aromatic N) is 1. The number of rotatable bonds is 5. The van der Waals surface area contributed by atoms with Gasteiger partial charge in [-0.1, -0.05) is 35.9 Å². The Labute approximate surface area is 138 Å². The number of aryl methyl sites for hydroxylation is 2. The molecule has 0 heterocycles. The highest BCUT2D eigenvalue weighted by Crippen LogP contribution is 2.25. The first-order chi connectivity index (χ1) is 10.5. The second-order valence-electron chi connectivity index (χ2n) is 4.93. The number of nitrogens with one attached hydrogen (secondary N) is 1. The molecule has 0 radical (unpaired) electrons. The van der Waals surface area contributed by atoms with E-state index in [4.69, 9.17) is 4.74 Å². The summed E-state index contributed by atoms with van der Waals surface area (Å²) in [6, 6.07) is 13.5. The molecule has 0 bridgehead atoms. The zero-order valence-corrected chi connectivity index (χ0v) is 14.1. The van der Waals surface area contributed by atoms with Gasteiger partial charge in [0.2, 0.25) is 0 Å². The SMILES string of the molecule is Cc1cccc(/C=N/NC(=O)COc2ccc(C)cc2Br)c1. The van der Waals surface area contributed by atoms with Crippen LogP contribution in [0.25, 0.3) is 0 Å². The van der Waals surface area contributed by atoms with Gasteiger partial charge in [0.05, 0.1) is 10.7 Å². The standard InChI is InChI=1S/C17H17BrN2O2/c1-12-4-3-5-14(8-12)10-19-20-17(21)11-22-16-7-6-13(2)9-15(16)18/h3-10H,11H2,1-2H3,(H,20,21)/b19-10+. The summed E-state index contributed by atoms with van der Waals surface area (Å²) in [6.07, 6.45) is 1.60. The molecular weight excluding hydrogens is 344 g/mol. The van der Waals surface area contributed by atoms with Gasteiger partial charge in [-0.15, -0.1) is 0 Å². The van der Waals surface area contributed by atoms with Crippen molar-refractivity contribution in [2.45, 2.75) is 13.8 Å². The van der Waals surface area contributed by atoms with Gasteiger partial charge in [-0.2, -0.15) is 5.10 Å². The van der Waals surface area contributed by atoms with Crippen molar-refractivity contribution in [2.75, 3.05) is 6.61 Å². The molecule has 1 N–H and O–H groups in total. The smallest absolute Gasteiger partial charge is 0.277 e. The third-order valence-corrected chi connectivity index (χ3v) is 3.51. The maximum absolute atomic E-state index is 11.7. The number of carbonyl (C=O) groups excluding carboxylic acids is 1. The van der Waals surface area contributed by atoms with Crippen molar-refractivity contribution in [1.82, 2.24) is 5.43 Å². The van der Waals surface area contributed by atoms with Gasteiger partial charge in [-0.25, -0.2) is 5.43 Å². The number of benzene rings is 2. The normalized spacial score (nSPS) is 10.7. The van der Waals surface area contributed by atoms with Gasteiger partial charge in [-0.05, 0) is 53.0 Å². The Bertz CT molecular complexity index is 699. The van der Waals surface area contributed by atoms with E-state index < -0.39 is 0 Å². The van der Waals surface area contributed by atoms with Crippen LogP contribution in [0.1, 0.15) is 16.7 Å². The molecule has 1 amide bonds. The Morgan fingerprint density at radius 3 is 2.73 bits per heavy atom. The van der Waals surface area contributed by atoms with E-state index in [9.17, 15) is 4.79 Å². The minimum Gasteiger partial charge on any atom is -0.483 e. The fourth-order valence-corrected chi connectivity index (χ4v) is 2.44. The van der Waals surface area contributed by atoms with Crippen LogP contribution in [0.3, 0.4) is 0 Å². The average molecular weight is 361 g/mol. The van der Waals surface area contributed by atoms with E-state index in [0.717, 1.165) is 21.2 Å². The molecule has 2 aromatic rings. The van der Waals surface area contributed by atoms with E-state index in [1.54, 1.807) is 6.21 Å². The fourth-order valence-electron chi connectivity index (χ4n) is 1.83. The summed E-state index contributed by atoms with van der Waals surface area (Å²) in [5, 5.41) is 3.92. The molecule has 0 atom stereocenters. The van der Waals surface area contributed by atoms with Crippen LogP contribution < -0.4 is 10.2 Å². The lowest BCUT2D eigenvalue weighted by Crippen LogP contribution is -2.24. The van der Waals surface area contributed by atoms with Gasteiger partial charge in [-0.3, -0.25) is 4.79 Å².